The molecule has 2 rings (SSSR count). The molecule has 2 aromatic carbocycles. The lowest BCUT2D eigenvalue weighted by Crippen LogP contribution is -2.09. The van der Waals surface area contributed by atoms with E-state index in [9.17, 15) is 8.42 Å². The molecule has 31 heavy (non-hydrogen) atoms. The first-order valence-electron chi connectivity index (χ1n) is 12.1. The zero-order valence-corrected chi connectivity index (χ0v) is 22.3. The summed E-state index contributed by atoms with van der Waals surface area (Å²) in [6.45, 7) is 4.47. The molecule has 0 saturated carbocycles. The number of rotatable bonds is 15. The second kappa shape index (κ2) is 14.3. The van der Waals surface area contributed by atoms with E-state index >= 15 is 0 Å². The molecule has 0 atom stereocenters. The molecule has 0 bridgehead atoms. The lowest BCUT2D eigenvalue weighted by molar-refractivity contribution is 0.594. The van der Waals surface area contributed by atoms with E-state index < -0.39 is 9.84 Å². The van der Waals surface area contributed by atoms with Gasteiger partial charge < -0.3 is 0 Å². The van der Waals surface area contributed by atoms with Gasteiger partial charge in [0.1, 0.15) is 0 Å². The van der Waals surface area contributed by atoms with Gasteiger partial charge in [-0.15, -0.1) is 0 Å². The Morgan fingerprint density at radius 2 is 1.23 bits per heavy atom. The molecule has 0 saturated heterocycles. The Hall–Kier alpha value is -0.880. The monoisotopic (exact) mass is 554 g/mol. The molecule has 0 fully saturated rings. The van der Waals surface area contributed by atoms with Crippen molar-refractivity contribution in [1.29, 1.82) is 0 Å². The topological polar surface area (TPSA) is 34.1 Å². The van der Waals surface area contributed by atoms with Crippen molar-refractivity contribution in [3.05, 3.63) is 62.7 Å². The van der Waals surface area contributed by atoms with E-state index in [2.05, 4.69) is 48.6 Å². The predicted molar refractivity (Wildman–Crippen MR) is 141 cm³/mol. The molecule has 0 unspecified atom stereocenters. The van der Waals surface area contributed by atoms with Crippen molar-refractivity contribution in [2.75, 3.05) is 0 Å². The van der Waals surface area contributed by atoms with Gasteiger partial charge >= 0.3 is 0 Å². The number of hydrogen-bond acceptors (Lipinski definition) is 2. The fourth-order valence-corrected chi connectivity index (χ4v) is 6.24. The molecule has 0 radical (unpaired) electrons. The van der Waals surface area contributed by atoms with E-state index in [1.807, 2.05) is 6.07 Å². The zero-order chi connectivity index (χ0) is 22.5. The van der Waals surface area contributed by atoms with Crippen LogP contribution in [0.4, 0.5) is 0 Å². The van der Waals surface area contributed by atoms with Crippen LogP contribution in [0.2, 0.25) is 0 Å². The molecular formula is C27H39IO2S. The van der Waals surface area contributed by atoms with Crippen LogP contribution in [0.5, 0.6) is 0 Å². The first-order valence-corrected chi connectivity index (χ1v) is 14.8. The van der Waals surface area contributed by atoms with E-state index in [-0.39, 0.29) is 5.75 Å². The number of hydrogen-bond donors (Lipinski definition) is 0. The molecule has 2 aromatic rings. The summed E-state index contributed by atoms with van der Waals surface area (Å²) in [7, 11) is -3.34. The van der Waals surface area contributed by atoms with Crippen molar-refractivity contribution in [1.82, 2.24) is 0 Å². The van der Waals surface area contributed by atoms with Gasteiger partial charge in [-0.3, -0.25) is 0 Å². The smallest absolute Gasteiger partial charge is 0.182 e. The van der Waals surface area contributed by atoms with Gasteiger partial charge in [0.15, 0.2) is 9.84 Å². The third kappa shape index (κ3) is 9.25. The van der Waals surface area contributed by atoms with Gasteiger partial charge in [0.05, 0.1) is 10.6 Å². The average Bonchev–Trinajstić information content (AvgIpc) is 2.76. The van der Waals surface area contributed by atoms with Crippen molar-refractivity contribution in [2.24, 2.45) is 0 Å². The fourth-order valence-electron chi connectivity index (χ4n) is 4.02. The first-order chi connectivity index (χ1) is 15.0. The van der Waals surface area contributed by atoms with Gasteiger partial charge in [0.2, 0.25) is 0 Å². The second-order valence-corrected chi connectivity index (χ2v) is 11.8. The summed E-state index contributed by atoms with van der Waals surface area (Å²) in [6, 6.07) is 13.3. The third-order valence-corrected chi connectivity index (χ3v) is 8.60. The SMILES string of the molecule is CCCCCCCc1cc(CS(=O)(=O)c2ccccc2)c(CCCCCCC)cc1I. The lowest BCUT2D eigenvalue weighted by Gasteiger charge is -2.15. The molecule has 2 nitrogen and oxygen atoms in total. The zero-order valence-electron chi connectivity index (χ0n) is 19.3. The summed E-state index contributed by atoms with van der Waals surface area (Å²) < 4.78 is 27.5. The average molecular weight is 555 g/mol. The first kappa shape index (κ1) is 26.4. The summed E-state index contributed by atoms with van der Waals surface area (Å²) >= 11 is 2.44. The Balaban J connectivity index is 2.19. The number of aryl methyl sites for hydroxylation is 2. The minimum Gasteiger partial charge on any atom is -0.223 e. The molecule has 172 valence electrons. The van der Waals surface area contributed by atoms with Crippen LogP contribution in [0.25, 0.3) is 0 Å². The molecule has 0 aliphatic rings. The Bertz CT molecular complexity index is 876. The molecule has 0 amide bonds. The van der Waals surface area contributed by atoms with Crippen LogP contribution in [0.15, 0.2) is 47.4 Å². The summed E-state index contributed by atoms with van der Waals surface area (Å²) in [5.41, 5.74) is 3.53. The van der Waals surface area contributed by atoms with Gasteiger partial charge in [0.25, 0.3) is 0 Å². The van der Waals surface area contributed by atoms with Gasteiger partial charge in [-0.1, -0.05) is 89.5 Å². The molecule has 0 spiro atoms. The molecule has 0 N–H and O–H groups in total. The minimum atomic E-state index is -3.34. The Morgan fingerprint density at radius 3 is 1.81 bits per heavy atom. The largest absolute Gasteiger partial charge is 0.223 e. The van der Waals surface area contributed by atoms with E-state index in [1.54, 1.807) is 24.3 Å². The van der Waals surface area contributed by atoms with Gasteiger partial charge in [-0.2, -0.15) is 0 Å². The van der Waals surface area contributed by atoms with Crippen LogP contribution in [0.3, 0.4) is 0 Å². The quantitative estimate of drug-likeness (QED) is 0.164. The fraction of sp³-hybridized carbons (Fsp3) is 0.556. The van der Waals surface area contributed by atoms with Crippen LogP contribution in [0.1, 0.15) is 94.7 Å². The summed E-state index contributed by atoms with van der Waals surface area (Å²) in [4.78, 5) is 0.420. The highest BCUT2D eigenvalue weighted by atomic mass is 127. The van der Waals surface area contributed by atoms with Crippen LogP contribution in [-0.4, -0.2) is 8.42 Å². The van der Waals surface area contributed by atoms with Gasteiger partial charge in [-0.25, -0.2) is 8.42 Å². The van der Waals surface area contributed by atoms with Crippen molar-refractivity contribution < 1.29 is 8.42 Å². The maximum atomic E-state index is 13.1. The van der Waals surface area contributed by atoms with Crippen molar-refractivity contribution in [3.8, 4) is 0 Å². The molecule has 4 heteroatoms. The van der Waals surface area contributed by atoms with Crippen LogP contribution in [-0.2, 0) is 28.4 Å². The van der Waals surface area contributed by atoms with Gasteiger partial charge in [-0.05, 0) is 83.2 Å². The van der Waals surface area contributed by atoms with Crippen LogP contribution in [0, 0.1) is 3.57 Å². The number of sulfone groups is 1. The van der Waals surface area contributed by atoms with E-state index in [4.69, 9.17) is 0 Å². The highest BCUT2D eigenvalue weighted by Crippen LogP contribution is 2.26. The molecular weight excluding hydrogens is 515 g/mol. The molecule has 0 heterocycles. The third-order valence-electron chi connectivity index (χ3n) is 5.92. The normalized spacial score (nSPS) is 11.7. The highest BCUT2D eigenvalue weighted by molar-refractivity contribution is 14.1. The Morgan fingerprint density at radius 1 is 0.677 bits per heavy atom. The number of benzene rings is 2. The lowest BCUT2D eigenvalue weighted by atomic mass is 9.97. The predicted octanol–water partition coefficient (Wildman–Crippen LogP) is 8.29. The standard InChI is InChI=1S/C27H39IO2S/c1-3-5-7-9-12-16-23-21-27(28)24(17-13-10-8-6-4-2)20-25(23)22-31(29,30)26-18-14-11-15-19-26/h11,14-15,18-21H,3-10,12-13,16-17,22H2,1-2H3. The van der Waals surface area contributed by atoms with Crippen molar-refractivity contribution in [3.63, 3.8) is 0 Å². The molecule has 0 aliphatic carbocycles. The van der Waals surface area contributed by atoms with Crippen molar-refractivity contribution in [2.45, 2.75) is 102 Å². The van der Waals surface area contributed by atoms with Crippen LogP contribution < -0.4 is 0 Å². The van der Waals surface area contributed by atoms with E-state index in [1.165, 1.54) is 72.5 Å². The van der Waals surface area contributed by atoms with E-state index in [0.717, 1.165) is 24.8 Å². The summed E-state index contributed by atoms with van der Waals surface area (Å²) in [5.74, 6) is 0.0983. The second-order valence-electron chi connectivity index (χ2n) is 8.61. The summed E-state index contributed by atoms with van der Waals surface area (Å²) in [6.07, 6.45) is 14.4. The Kier molecular flexibility index (Phi) is 12.2. The maximum Gasteiger partial charge on any atom is 0.182 e. The number of unbranched alkanes of at least 4 members (excludes halogenated alkanes) is 8. The molecule has 0 aliphatic heterocycles. The Labute approximate surface area is 204 Å². The number of halogens is 1. The maximum absolute atomic E-state index is 13.1. The van der Waals surface area contributed by atoms with Crippen LogP contribution >= 0.6 is 22.6 Å². The minimum absolute atomic E-state index is 0.0983. The van der Waals surface area contributed by atoms with E-state index in [0.29, 0.717) is 4.90 Å². The summed E-state index contributed by atoms with van der Waals surface area (Å²) in [5, 5.41) is 0. The highest BCUT2D eigenvalue weighted by Gasteiger charge is 2.18. The van der Waals surface area contributed by atoms with Gasteiger partial charge in [0, 0.05) is 3.57 Å². The molecule has 0 aromatic heterocycles. The van der Waals surface area contributed by atoms with Crippen molar-refractivity contribution >= 4 is 32.4 Å².